The molecule has 0 spiro atoms. The summed E-state index contributed by atoms with van der Waals surface area (Å²) in [5.41, 5.74) is -1.74. The number of carbonyl (C=O) groups is 2. The monoisotopic (exact) mass is 192 g/mol. The van der Waals surface area contributed by atoms with Crippen LogP contribution >= 0.6 is 0 Å². The van der Waals surface area contributed by atoms with E-state index in [1.807, 2.05) is 0 Å². The fourth-order valence-electron chi connectivity index (χ4n) is 2.42. The number of ether oxygens (including phenoxy) is 1. The van der Waals surface area contributed by atoms with Crippen LogP contribution in [-0.2, 0) is 14.3 Å². The first kappa shape index (κ1) is 7.94. The summed E-state index contributed by atoms with van der Waals surface area (Å²) in [6, 6.07) is 0. The summed E-state index contributed by atoms with van der Waals surface area (Å²) >= 11 is 0. The Kier molecular flexibility index (Phi) is 1.22. The van der Waals surface area contributed by atoms with Crippen molar-refractivity contribution < 1.29 is 19.4 Å². The van der Waals surface area contributed by atoms with Gasteiger partial charge in [-0.05, 0) is 18.2 Å². The second-order valence-corrected chi connectivity index (χ2v) is 3.87. The van der Waals surface area contributed by atoms with Crippen molar-refractivity contribution in [3.8, 4) is 0 Å². The Morgan fingerprint density at radius 2 is 2.14 bits per heavy atom. The topological polar surface area (TPSA) is 63.6 Å². The van der Waals surface area contributed by atoms with Crippen LogP contribution in [0, 0.1) is 11.8 Å². The molecule has 2 aliphatic heterocycles. The highest BCUT2D eigenvalue weighted by atomic mass is 16.6. The summed E-state index contributed by atoms with van der Waals surface area (Å²) in [5, 5.41) is 10.0. The Morgan fingerprint density at radius 1 is 1.36 bits per heavy atom. The lowest BCUT2D eigenvalue weighted by molar-refractivity contribution is -0.190. The molecule has 72 valence electrons. The molecular formula is C10H8O4. The number of hydrogen-bond acceptors (Lipinski definition) is 4. The Labute approximate surface area is 79.9 Å². The van der Waals surface area contributed by atoms with Gasteiger partial charge in [0.05, 0.1) is 5.92 Å². The van der Waals surface area contributed by atoms with E-state index in [1.165, 1.54) is 12.2 Å². The maximum Gasteiger partial charge on any atom is 0.343 e. The van der Waals surface area contributed by atoms with Crippen LogP contribution in [-0.4, -0.2) is 28.6 Å². The minimum absolute atomic E-state index is 0.185. The Balaban J connectivity index is 2.17. The zero-order valence-corrected chi connectivity index (χ0v) is 7.21. The summed E-state index contributed by atoms with van der Waals surface area (Å²) in [7, 11) is 0. The van der Waals surface area contributed by atoms with Gasteiger partial charge in [-0.3, -0.25) is 4.79 Å². The highest BCUT2D eigenvalue weighted by Gasteiger charge is 2.60. The van der Waals surface area contributed by atoms with Gasteiger partial charge >= 0.3 is 5.97 Å². The third kappa shape index (κ3) is 0.688. The molecule has 4 nitrogen and oxygen atoms in total. The molecule has 0 aromatic rings. The average Bonchev–Trinajstić information content (AvgIpc) is 2.53. The molecule has 2 aliphatic carbocycles. The van der Waals surface area contributed by atoms with E-state index in [-0.39, 0.29) is 17.8 Å². The predicted octanol–water partition coefficient (Wildman–Crippen LogP) is -0.416. The van der Waals surface area contributed by atoms with Gasteiger partial charge in [-0.25, -0.2) is 4.79 Å². The third-order valence-electron chi connectivity index (χ3n) is 3.14. The van der Waals surface area contributed by atoms with Crippen LogP contribution in [0.1, 0.15) is 0 Å². The van der Waals surface area contributed by atoms with Crippen LogP contribution in [0.4, 0.5) is 0 Å². The molecule has 1 fully saturated rings. The molecular weight excluding hydrogens is 184 g/mol. The summed E-state index contributed by atoms with van der Waals surface area (Å²) < 4.78 is 4.97. The molecule has 4 atom stereocenters. The lowest BCUT2D eigenvalue weighted by Gasteiger charge is -2.44. The standard InChI is InChI=1S/C10H8O4/c11-6-2-1-5-7-3-4-10(13,8(5)6)9(12)14-7/h1-5,7-8,13H/t5-,7-,8+,10-/m0/s1. The van der Waals surface area contributed by atoms with E-state index in [0.29, 0.717) is 0 Å². The van der Waals surface area contributed by atoms with Crippen molar-refractivity contribution in [1.29, 1.82) is 0 Å². The van der Waals surface area contributed by atoms with Gasteiger partial charge in [0.15, 0.2) is 11.4 Å². The van der Waals surface area contributed by atoms with E-state index < -0.39 is 17.5 Å². The van der Waals surface area contributed by atoms with Crippen molar-refractivity contribution in [3.63, 3.8) is 0 Å². The number of fused-ring (bicyclic) bond motifs is 1. The Hall–Kier alpha value is -1.42. The number of esters is 1. The van der Waals surface area contributed by atoms with Crippen molar-refractivity contribution in [1.82, 2.24) is 0 Å². The average molecular weight is 192 g/mol. The lowest BCUT2D eigenvalue weighted by Crippen LogP contribution is -2.60. The molecule has 14 heavy (non-hydrogen) atoms. The zero-order chi connectivity index (χ0) is 9.92. The predicted molar refractivity (Wildman–Crippen MR) is 45.1 cm³/mol. The Morgan fingerprint density at radius 3 is 2.86 bits per heavy atom. The van der Waals surface area contributed by atoms with Crippen LogP contribution in [0.3, 0.4) is 0 Å². The van der Waals surface area contributed by atoms with E-state index in [2.05, 4.69) is 0 Å². The zero-order valence-electron chi connectivity index (χ0n) is 7.21. The quantitative estimate of drug-likeness (QED) is 0.418. The van der Waals surface area contributed by atoms with Gasteiger partial charge in [0, 0.05) is 5.92 Å². The normalized spacial score (nSPS) is 48.2. The number of hydrogen-bond donors (Lipinski definition) is 1. The van der Waals surface area contributed by atoms with E-state index in [9.17, 15) is 14.7 Å². The van der Waals surface area contributed by atoms with Crippen molar-refractivity contribution in [2.24, 2.45) is 11.8 Å². The largest absolute Gasteiger partial charge is 0.455 e. The number of aliphatic hydroxyl groups is 1. The van der Waals surface area contributed by atoms with Gasteiger partial charge in [0.1, 0.15) is 6.10 Å². The van der Waals surface area contributed by atoms with Crippen LogP contribution in [0.25, 0.3) is 0 Å². The van der Waals surface area contributed by atoms with Gasteiger partial charge in [-0.15, -0.1) is 0 Å². The van der Waals surface area contributed by atoms with E-state index in [1.54, 1.807) is 12.2 Å². The molecule has 4 rings (SSSR count). The van der Waals surface area contributed by atoms with Crippen LogP contribution < -0.4 is 0 Å². The first-order chi connectivity index (χ1) is 6.63. The number of allylic oxidation sites excluding steroid dienone is 1. The molecule has 0 radical (unpaired) electrons. The number of carbonyl (C=O) groups excluding carboxylic acids is 2. The van der Waals surface area contributed by atoms with Gasteiger partial charge in [0.25, 0.3) is 0 Å². The Bertz CT molecular complexity index is 395. The highest BCUT2D eigenvalue weighted by Crippen LogP contribution is 2.45. The molecule has 4 heteroatoms. The first-order valence-corrected chi connectivity index (χ1v) is 4.48. The summed E-state index contributed by atoms with van der Waals surface area (Å²) in [6.45, 7) is 0. The maximum atomic E-state index is 11.5. The van der Waals surface area contributed by atoms with E-state index in [0.717, 1.165) is 0 Å². The second-order valence-electron chi connectivity index (χ2n) is 3.87. The molecule has 0 amide bonds. The molecule has 1 N–H and O–H groups in total. The van der Waals surface area contributed by atoms with Crippen molar-refractivity contribution >= 4 is 11.8 Å². The number of ketones is 1. The summed E-state index contributed by atoms with van der Waals surface area (Å²) in [5.74, 6) is -1.75. The summed E-state index contributed by atoms with van der Waals surface area (Å²) in [6.07, 6.45) is 5.77. The lowest BCUT2D eigenvalue weighted by atomic mass is 9.70. The molecule has 2 heterocycles. The van der Waals surface area contributed by atoms with Gasteiger partial charge < -0.3 is 9.84 Å². The molecule has 0 unspecified atom stereocenters. The molecule has 0 saturated carbocycles. The minimum atomic E-state index is -1.74. The smallest absolute Gasteiger partial charge is 0.343 e. The SMILES string of the molecule is O=C1C=C[C@H]2[C@@H]3C=C[C@@](O)(C(=O)O3)[C@@H]12. The van der Waals surface area contributed by atoms with Gasteiger partial charge in [0.2, 0.25) is 0 Å². The summed E-state index contributed by atoms with van der Waals surface area (Å²) in [4.78, 5) is 22.8. The fourth-order valence-corrected chi connectivity index (χ4v) is 2.42. The van der Waals surface area contributed by atoms with Crippen LogP contribution in [0.2, 0.25) is 0 Å². The van der Waals surface area contributed by atoms with E-state index >= 15 is 0 Å². The number of rotatable bonds is 0. The van der Waals surface area contributed by atoms with Crippen LogP contribution in [0.5, 0.6) is 0 Å². The molecule has 0 aromatic heterocycles. The van der Waals surface area contributed by atoms with Crippen molar-refractivity contribution in [2.45, 2.75) is 11.7 Å². The molecule has 1 saturated heterocycles. The van der Waals surface area contributed by atoms with Crippen LogP contribution in [0.15, 0.2) is 24.3 Å². The van der Waals surface area contributed by atoms with Crippen molar-refractivity contribution in [2.75, 3.05) is 0 Å². The minimum Gasteiger partial charge on any atom is -0.455 e. The molecule has 2 bridgehead atoms. The van der Waals surface area contributed by atoms with Gasteiger partial charge in [-0.1, -0.05) is 6.08 Å². The highest BCUT2D eigenvalue weighted by molar-refractivity contribution is 6.02. The first-order valence-electron chi connectivity index (χ1n) is 4.48. The van der Waals surface area contributed by atoms with Gasteiger partial charge in [-0.2, -0.15) is 0 Å². The fraction of sp³-hybridized carbons (Fsp3) is 0.400. The third-order valence-corrected chi connectivity index (χ3v) is 3.14. The maximum absolute atomic E-state index is 11.5. The van der Waals surface area contributed by atoms with Crippen molar-refractivity contribution in [3.05, 3.63) is 24.3 Å². The van der Waals surface area contributed by atoms with E-state index in [4.69, 9.17) is 4.74 Å². The molecule has 4 aliphatic rings. The molecule has 0 aromatic carbocycles. The second kappa shape index (κ2) is 2.15.